The zero-order valence-corrected chi connectivity index (χ0v) is 13.1. The molecule has 0 radical (unpaired) electrons. The van der Waals surface area contributed by atoms with Crippen LogP contribution in [0.3, 0.4) is 0 Å². The van der Waals surface area contributed by atoms with E-state index in [4.69, 9.17) is 0 Å². The van der Waals surface area contributed by atoms with Crippen LogP contribution >= 0.6 is 0 Å². The van der Waals surface area contributed by atoms with Crippen LogP contribution in [0.15, 0.2) is 18.3 Å². The van der Waals surface area contributed by atoms with E-state index in [-0.39, 0.29) is 5.91 Å². The lowest BCUT2D eigenvalue weighted by molar-refractivity contribution is -0.130. The standard InChI is InChI=1S/C17H25N3O/c1-13-15(5-3-9-18-13)11-19-10-4-6-17(19)12-20(14(2)21)16-7-8-16/h3,5,9,16-17H,4,6-8,10-12H2,1-2H3/t17-/m1/s1. The van der Waals surface area contributed by atoms with Gasteiger partial charge in [-0.05, 0) is 50.8 Å². The van der Waals surface area contributed by atoms with Gasteiger partial charge in [-0.2, -0.15) is 0 Å². The van der Waals surface area contributed by atoms with Crippen LogP contribution in [-0.2, 0) is 11.3 Å². The molecule has 0 aromatic carbocycles. The van der Waals surface area contributed by atoms with E-state index in [2.05, 4.69) is 27.8 Å². The minimum absolute atomic E-state index is 0.238. The second kappa shape index (κ2) is 6.14. The minimum atomic E-state index is 0.238. The predicted molar refractivity (Wildman–Crippen MR) is 82.8 cm³/mol. The molecule has 1 saturated heterocycles. The number of carbonyl (C=O) groups excluding carboxylic acids is 1. The van der Waals surface area contributed by atoms with Crippen molar-refractivity contribution in [3.8, 4) is 0 Å². The lowest BCUT2D eigenvalue weighted by Crippen LogP contribution is -2.43. The Hall–Kier alpha value is -1.42. The average Bonchev–Trinajstić information content (AvgIpc) is 3.20. The zero-order valence-electron chi connectivity index (χ0n) is 13.1. The Morgan fingerprint density at radius 2 is 2.24 bits per heavy atom. The second-order valence-corrected chi connectivity index (χ2v) is 6.42. The van der Waals surface area contributed by atoms with Crippen LogP contribution < -0.4 is 0 Å². The van der Waals surface area contributed by atoms with E-state index >= 15 is 0 Å². The normalized spacial score (nSPS) is 22.5. The van der Waals surface area contributed by atoms with Gasteiger partial charge in [0.2, 0.25) is 5.91 Å². The van der Waals surface area contributed by atoms with Crippen molar-refractivity contribution >= 4 is 5.91 Å². The van der Waals surface area contributed by atoms with Gasteiger partial charge in [-0.25, -0.2) is 0 Å². The van der Waals surface area contributed by atoms with E-state index < -0.39 is 0 Å². The van der Waals surface area contributed by atoms with E-state index in [1.165, 1.54) is 31.2 Å². The first kappa shape index (κ1) is 14.5. The topological polar surface area (TPSA) is 36.4 Å². The number of aromatic nitrogens is 1. The van der Waals surface area contributed by atoms with Crippen molar-refractivity contribution in [3.63, 3.8) is 0 Å². The first-order valence-electron chi connectivity index (χ1n) is 8.07. The first-order valence-corrected chi connectivity index (χ1v) is 8.07. The highest BCUT2D eigenvalue weighted by Crippen LogP contribution is 2.29. The van der Waals surface area contributed by atoms with E-state index in [0.29, 0.717) is 12.1 Å². The SMILES string of the molecule is CC(=O)N(C[C@H]1CCCN1Cc1cccnc1C)C1CC1. The van der Waals surface area contributed by atoms with Gasteiger partial charge in [-0.15, -0.1) is 0 Å². The Kier molecular flexibility index (Phi) is 4.24. The summed E-state index contributed by atoms with van der Waals surface area (Å²) >= 11 is 0. The molecule has 21 heavy (non-hydrogen) atoms. The Labute approximate surface area is 127 Å². The molecule has 1 amide bonds. The summed E-state index contributed by atoms with van der Waals surface area (Å²) in [6, 6.07) is 5.21. The lowest BCUT2D eigenvalue weighted by Gasteiger charge is -2.30. The highest BCUT2D eigenvalue weighted by atomic mass is 16.2. The summed E-state index contributed by atoms with van der Waals surface area (Å²) in [6.07, 6.45) is 6.67. The number of likely N-dealkylation sites (tertiary alicyclic amines) is 1. The van der Waals surface area contributed by atoms with E-state index in [0.717, 1.165) is 25.3 Å². The van der Waals surface area contributed by atoms with E-state index in [1.807, 2.05) is 12.3 Å². The summed E-state index contributed by atoms with van der Waals surface area (Å²) in [6.45, 7) is 6.78. The third kappa shape index (κ3) is 3.43. The first-order chi connectivity index (χ1) is 10.1. The molecule has 1 atom stereocenters. The summed E-state index contributed by atoms with van der Waals surface area (Å²) in [7, 11) is 0. The number of carbonyl (C=O) groups is 1. The Bertz CT molecular complexity index is 513. The fourth-order valence-electron chi connectivity index (χ4n) is 3.36. The second-order valence-electron chi connectivity index (χ2n) is 6.42. The van der Waals surface area contributed by atoms with E-state index in [9.17, 15) is 4.79 Å². The summed E-state index contributed by atoms with van der Waals surface area (Å²) in [5.41, 5.74) is 2.43. The molecule has 3 rings (SSSR count). The van der Waals surface area contributed by atoms with Gasteiger partial charge < -0.3 is 4.90 Å². The largest absolute Gasteiger partial charge is 0.338 e. The zero-order chi connectivity index (χ0) is 14.8. The molecule has 114 valence electrons. The van der Waals surface area contributed by atoms with Crippen molar-refractivity contribution in [1.29, 1.82) is 0 Å². The molecule has 1 aliphatic heterocycles. The number of nitrogens with zero attached hydrogens (tertiary/aromatic N) is 3. The van der Waals surface area contributed by atoms with Crippen molar-refractivity contribution in [2.24, 2.45) is 0 Å². The molecular weight excluding hydrogens is 262 g/mol. The lowest BCUT2D eigenvalue weighted by atomic mass is 10.1. The maximum atomic E-state index is 11.8. The maximum absolute atomic E-state index is 11.8. The average molecular weight is 287 g/mol. The van der Waals surface area contributed by atoms with Crippen molar-refractivity contribution < 1.29 is 4.79 Å². The van der Waals surface area contributed by atoms with Gasteiger partial charge in [0.15, 0.2) is 0 Å². The van der Waals surface area contributed by atoms with Crippen LogP contribution in [0.4, 0.5) is 0 Å². The van der Waals surface area contributed by atoms with Crippen LogP contribution in [-0.4, -0.2) is 45.9 Å². The summed E-state index contributed by atoms with van der Waals surface area (Å²) in [5, 5.41) is 0. The molecule has 0 spiro atoms. The van der Waals surface area contributed by atoms with Gasteiger partial charge in [0.1, 0.15) is 0 Å². The summed E-state index contributed by atoms with van der Waals surface area (Å²) in [4.78, 5) is 20.8. The molecule has 1 saturated carbocycles. The monoisotopic (exact) mass is 287 g/mol. The summed E-state index contributed by atoms with van der Waals surface area (Å²) in [5.74, 6) is 0.238. The molecule has 0 bridgehead atoms. The van der Waals surface area contributed by atoms with Gasteiger partial charge in [0.25, 0.3) is 0 Å². The van der Waals surface area contributed by atoms with Gasteiger partial charge in [-0.3, -0.25) is 14.7 Å². The fraction of sp³-hybridized carbons (Fsp3) is 0.647. The van der Waals surface area contributed by atoms with Crippen molar-refractivity contribution in [2.45, 2.75) is 58.2 Å². The summed E-state index contributed by atoms with van der Waals surface area (Å²) < 4.78 is 0. The molecule has 2 fully saturated rings. The van der Waals surface area contributed by atoms with Crippen LogP contribution in [0.1, 0.15) is 43.9 Å². The maximum Gasteiger partial charge on any atom is 0.219 e. The molecule has 0 N–H and O–H groups in total. The molecule has 1 aromatic rings. The van der Waals surface area contributed by atoms with E-state index in [1.54, 1.807) is 6.92 Å². The smallest absolute Gasteiger partial charge is 0.219 e. The van der Waals surface area contributed by atoms with Crippen LogP contribution in [0.5, 0.6) is 0 Å². The minimum Gasteiger partial charge on any atom is -0.338 e. The Morgan fingerprint density at radius 1 is 1.43 bits per heavy atom. The Morgan fingerprint density at radius 3 is 2.90 bits per heavy atom. The molecule has 4 nitrogen and oxygen atoms in total. The highest BCUT2D eigenvalue weighted by molar-refractivity contribution is 5.74. The van der Waals surface area contributed by atoms with Crippen molar-refractivity contribution in [3.05, 3.63) is 29.6 Å². The van der Waals surface area contributed by atoms with Crippen LogP contribution in [0, 0.1) is 6.92 Å². The molecule has 1 aliphatic carbocycles. The van der Waals surface area contributed by atoms with Crippen molar-refractivity contribution in [1.82, 2.24) is 14.8 Å². The number of pyridine rings is 1. The van der Waals surface area contributed by atoms with Crippen molar-refractivity contribution in [2.75, 3.05) is 13.1 Å². The number of hydrogen-bond donors (Lipinski definition) is 0. The molecule has 2 heterocycles. The van der Waals surface area contributed by atoms with Gasteiger partial charge in [0, 0.05) is 44.0 Å². The quantitative estimate of drug-likeness (QED) is 0.834. The molecular formula is C17H25N3O. The van der Waals surface area contributed by atoms with Crippen LogP contribution in [0.2, 0.25) is 0 Å². The number of aryl methyl sites for hydroxylation is 1. The highest BCUT2D eigenvalue weighted by Gasteiger charge is 2.35. The van der Waals surface area contributed by atoms with Gasteiger partial charge in [0.05, 0.1) is 0 Å². The third-order valence-electron chi connectivity index (χ3n) is 4.79. The fourth-order valence-corrected chi connectivity index (χ4v) is 3.36. The molecule has 0 unspecified atom stereocenters. The molecule has 1 aromatic heterocycles. The van der Waals surface area contributed by atoms with Crippen LogP contribution in [0.25, 0.3) is 0 Å². The predicted octanol–water partition coefficient (Wildman–Crippen LogP) is 2.37. The molecule has 2 aliphatic rings. The molecule has 4 heteroatoms. The Balaban J connectivity index is 1.65. The van der Waals surface area contributed by atoms with Gasteiger partial charge >= 0.3 is 0 Å². The number of rotatable bonds is 5. The number of hydrogen-bond acceptors (Lipinski definition) is 3. The number of amides is 1. The van der Waals surface area contributed by atoms with Gasteiger partial charge in [-0.1, -0.05) is 6.07 Å². The third-order valence-corrected chi connectivity index (χ3v) is 4.79.